The molecule has 22 heavy (non-hydrogen) atoms. The average molecular weight is 300 g/mol. The van der Waals surface area contributed by atoms with Crippen LogP contribution in [0.3, 0.4) is 0 Å². The first-order valence-electron chi connectivity index (χ1n) is 6.87. The van der Waals surface area contributed by atoms with Crippen molar-refractivity contribution in [1.29, 1.82) is 0 Å². The van der Waals surface area contributed by atoms with E-state index in [9.17, 15) is 9.18 Å². The minimum Gasteiger partial charge on any atom is -0.383 e. The molecule has 1 N–H and O–H groups in total. The van der Waals surface area contributed by atoms with Crippen molar-refractivity contribution < 1.29 is 14.0 Å². The lowest BCUT2D eigenvalue weighted by Gasteiger charge is -2.10. The predicted octanol–water partition coefficient (Wildman–Crippen LogP) is 3.51. The number of amides is 1. The molecular weight excluding hydrogens is 283 g/mol. The topological polar surface area (TPSA) is 50.7 Å². The SMILES string of the molecule is Cc1cccc(NC(=O)[C@@H](C)O/N=C\c2ccccc2F)c1. The van der Waals surface area contributed by atoms with Crippen LogP contribution in [0.2, 0.25) is 0 Å². The fraction of sp³-hybridized carbons (Fsp3) is 0.176. The van der Waals surface area contributed by atoms with Gasteiger partial charge in [0.15, 0.2) is 0 Å². The first kappa shape index (κ1) is 15.7. The summed E-state index contributed by atoms with van der Waals surface area (Å²) in [6, 6.07) is 13.6. The maximum absolute atomic E-state index is 13.4. The van der Waals surface area contributed by atoms with Crippen molar-refractivity contribution in [2.75, 3.05) is 5.32 Å². The molecule has 0 heterocycles. The van der Waals surface area contributed by atoms with Gasteiger partial charge in [-0.3, -0.25) is 4.79 Å². The minimum atomic E-state index is -0.788. The summed E-state index contributed by atoms with van der Waals surface area (Å²) in [5.74, 6) is -0.719. The van der Waals surface area contributed by atoms with E-state index in [0.29, 0.717) is 11.3 Å². The molecule has 0 bridgehead atoms. The highest BCUT2D eigenvalue weighted by Crippen LogP contribution is 2.10. The first-order chi connectivity index (χ1) is 10.6. The normalized spacial score (nSPS) is 12.1. The van der Waals surface area contributed by atoms with Gasteiger partial charge in [-0.1, -0.05) is 35.5 Å². The molecule has 0 saturated heterocycles. The van der Waals surface area contributed by atoms with Crippen LogP contribution in [-0.4, -0.2) is 18.2 Å². The largest absolute Gasteiger partial charge is 0.383 e. The number of hydrogen-bond donors (Lipinski definition) is 1. The third-order valence-electron chi connectivity index (χ3n) is 2.97. The van der Waals surface area contributed by atoms with Crippen LogP contribution >= 0.6 is 0 Å². The summed E-state index contributed by atoms with van der Waals surface area (Å²) in [5, 5.41) is 6.39. The van der Waals surface area contributed by atoms with E-state index in [1.165, 1.54) is 12.3 Å². The standard InChI is InChI=1S/C17H17FN2O2/c1-12-6-5-8-15(10-12)20-17(21)13(2)22-19-11-14-7-3-4-9-16(14)18/h3-11,13H,1-2H3,(H,20,21)/b19-11-/t13-/m1/s1. The van der Waals surface area contributed by atoms with Gasteiger partial charge in [0.2, 0.25) is 6.10 Å². The molecule has 0 aliphatic carbocycles. The summed E-state index contributed by atoms with van der Waals surface area (Å²) in [5.41, 5.74) is 2.04. The molecule has 4 nitrogen and oxygen atoms in total. The minimum absolute atomic E-state index is 0.300. The Hall–Kier alpha value is -2.69. The lowest BCUT2D eigenvalue weighted by molar-refractivity contribution is -0.126. The van der Waals surface area contributed by atoms with E-state index in [-0.39, 0.29) is 5.91 Å². The van der Waals surface area contributed by atoms with Gasteiger partial charge in [-0.25, -0.2) is 4.39 Å². The van der Waals surface area contributed by atoms with Crippen LogP contribution in [0.15, 0.2) is 53.7 Å². The van der Waals surface area contributed by atoms with Crippen molar-refractivity contribution in [3.63, 3.8) is 0 Å². The molecule has 1 atom stereocenters. The molecule has 0 radical (unpaired) electrons. The Morgan fingerprint density at radius 3 is 2.77 bits per heavy atom. The third kappa shape index (κ3) is 4.41. The number of benzene rings is 2. The molecule has 0 aliphatic heterocycles. The van der Waals surface area contributed by atoms with Crippen molar-refractivity contribution >= 4 is 17.8 Å². The smallest absolute Gasteiger partial charge is 0.267 e. The van der Waals surface area contributed by atoms with Crippen LogP contribution in [-0.2, 0) is 9.63 Å². The van der Waals surface area contributed by atoms with E-state index in [2.05, 4.69) is 10.5 Å². The van der Waals surface area contributed by atoms with Crippen LogP contribution < -0.4 is 5.32 Å². The van der Waals surface area contributed by atoms with Gasteiger partial charge in [0, 0.05) is 11.3 Å². The Morgan fingerprint density at radius 1 is 1.27 bits per heavy atom. The van der Waals surface area contributed by atoms with Crippen LogP contribution in [0, 0.1) is 12.7 Å². The zero-order valence-corrected chi connectivity index (χ0v) is 12.4. The van der Waals surface area contributed by atoms with Crippen LogP contribution in [0.1, 0.15) is 18.1 Å². The monoisotopic (exact) mass is 300 g/mol. The quantitative estimate of drug-likeness (QED) is 0.678. The second-order valence-electron chi connectivity index (χ2n) is 4.86. The highest BCUT2D eigenvalue weighted by molar-refractivity contribution is 5.94. The van der Waals surface area contributed by atoms with Gasteiger partial charge in [-0.15, -0.1) is 0 Å². The van der Waals surface area contributed by atoms with E-state index < -0.39 is 11.9 Å². The number of hydrogen-bond acceptors (Lipinski definition) is 3. The van der Waals surface area contributed by atoms with Crippen molar-refractivity contribution in [3.05, 3.63) is 65.5 Å². The molecule has 114 valence electrons. The molecule has 0 fully saturated rings. The first-order valence-corrected chi connectivity index (χ1v) is 6.87. The molecule has 0 saturated carbocycles. The highest BCUT2D eigenvalue weighted by Gasteiger charge is 2.14. The molecule has 1 amide bonds. The van der Waals surface area contributed by atoms with Crippen molar-refractivity contribution in [2.45, 2.75) is 20.0 Å². The van der Waals surface area contributed by atoms with Gasteiger partial charge in [-0.2, -0.15) is 0 Å². The fourth-order valence-corrected chi connectivity index (χ4v) is 1.77. The lowest BCUT2D eigenvalue weighted by Crippen LogP contribution is -2.26. The highest BCUT2D eigenvalue weighted by atomic mass is 19.1. The molecule has 2 aromatic rings. The number of rotatable bonds is 5. The number of nitrogens with zero attached hydrogens (tertiary/aromatic N) is 1. The zero-order valence-electron chi connectivity index (χ0n) is 12.4. The number of aryl methyl sites for hydroxylation is 1. The molecule has 2 aromatic carbocycles. The van der Waals surface area contributed by atoms with Gasteiger partial charge in [-0.05, 0) is 37.6 Å². The molecular formula is C17H17FN2O2. The predicted molar refractivity (Wildman–Crippen MR) is 84.3 cm³/mol. The lowest BCUT2D eigenvalue weighted by atomic mass is 10.2. The number of carbonyl (C=O) groups is 1. The molecule has 0 aliphatic rings. The van der Waals surface area contributed by atoms with E-state index >= 15 is 0 Å². The number of nitrogens with one attached hydrogen (secondary N) is 1. The number of carbonyl (C=O) groups excluding carboxylic acids is 1. The van der Waals surface area contributed by atoms with E-state index in [1.54, 1.807) is 31.2 Å². The van der Waals surface area contributed by atoms with E-state index in [4.69, 9.17) is 4.84 Å². The van der Waals surface area contributed by atoms with Crippen molar-refractivity contribution in [3.8, 4) is 0 Å². The van der Waals surface area contributed by atoms with Crippen molar-refractivity contribution in [2.24, 2.45) is 5.16 Å². The Labute approximate surface area is 128 Å². The fourth-order valence-electron chi connectivity index (χ4n) is 1.77. The van der Waals surface area contributed by atoms with Gasteiger partial charge in [0.05, 0.1) is 6.21 Å². The molecule has 5 heteroatoms. The maximum Gasteiger partial charge on any atom is 0.267 e. The Balaban J connectivity index is 1.90. The second kappa shape index (κ2) is 7.36. The summed E-state index contributed by atoms with van der Waals surface area (Å²) in [6.45, 7) is 3.51. The summed E-state index contributed by atoms with van der Waals surface area (Å²) in [7, 11) is 0. The van der Waals surface area contributed by atoms with E-state index in [0.717, 1.165) is 5.56 Å². The molecule has 0 aromatic heterocycles. The Kier molecular flexibility index (Phi) is 5.25. The van der Waals surface area contributed by atoms with Crippen LogP contribution in [0.25, 0.3) is 0 Å². The maximum atomic E-state index is 13.4. The van der Waals surface area contributed by atoms with Gasteiger partial charge in [0.25, 0.3) is 5.91 Å². The van der Waals surface area contributed by atoms with Gasteiger partial charge < -0.3 is 10.2 Å². The summed E-state index contributed by atoms with van der Waals surface area (Å²) in [6.07, 6.45) is 0.453. The number of halogens is 1. The molecule has 2 rings (SSSR count). The molecule has 0 unspecified atom stereocenters. The summed E-state index contributed by atoms with van der Waals surface area (Å²) < 4.78 is 13.4. The summed E-state index contributed by atoms with van der Waals surface area (Å²) >= 11 is 0. The van der Waals surface area contributed by atoms with E-state index in [1.807, 2.05) is 25.1 Å². The van der Waals surface area contributed by atoms with Gasteiger partial charge >= 0.3 is 0 Å². The Bertz CT molecular complexity index is 686. The van der Waals surface area contributed by atoms with Crippen molar-refractivity contribution in [1.82, 2.24) is 0 Å². The number of oxime groups is 1. The second-order valence-corrected chi connectivity index (χ2v) is 4.86. The zero-order chi connectivity index (χ0) is 15.9. The molecule has 0 spiro atoms. The van der Waals surface area contributed by atoms with Gasteiger partial charge in [0.1, 0.15) is 5.82 Å². The van der Waals surface area contributed by atoms with Crippen LogP contribution in [0.5, 0.6) is 0 Å². The third-order valence-corrected chi connectivity index (χ3v) is 2.97. The Morgan fingerprint density at radius 2 is 2.05 bits per heavy atom. The summed E-state index contributed by atoms with van der Waals surface area (Å²) in [4.78, 5) is 17.0. The van der Waals surface area contributed by atoms with Crippen LogP contribution in [0.4, 0.5) is 10.1 Å². The average Bonchev–Trinajstić information content (AvgIpc) is 2.49. The number of anilines is 1.